The summed E-state index contributed by atoms with van der Waals surface area (Å²) in [5.74, 6) is -0.0222. The number of rotatable bonds is 5. The maximum absolute atomic E-state index is 12.2. The maximum atomic E-state index is 12.2. The van der Waals surface area contributed by atoms with Gasteiger partial charge in [0.2, 0.25) is 0 Å². The highest BCUT2D eigenvalue weighted by molar-refractivity contribution is 5.98. The minimum atomic E-state index is -2.38. The van der Waals surface area contributed by atoms with E-state index in [4.69, 9.17) is 10.9 Å². The average molecular weight is 243 g/mol. The summed E-state index contributed by atoms with van der Waals surface area (Å²) in [5.41, 5.74) is 6.80. The highest BCUT2D eigenvalue weighted by Gasteiger charge is 2.11. The summed E-state index contributed by atoms with van der Waals surface area (Å²) >= 11 is 0. The number of hydrogen-bond donors (Lipinski definition) is 2. The monoisotopic (exact) mass is 243 g/mol. The molecule has 0 aliphatic rings. The molecule has 0 aliphatic carbocycles. The van der Waals surface area contributed by atoms with Crippen LogP contribution in [-0.2, 0) is 6.54 Å². The quantitative estimate of drug-likeness (QED) is 0.356. The summed E-state index contributed by atoms with van der Waals surface area (Å²) in [6.45, 7) is 0.00123. The van der Waals surface area contributed by atoms with E-state index in [1.165, 1.54) is 4.90 Å². The van der Waals surface area contributed by atoms with Gasteiger partial charge in [0.25, 0.3) is 6.43 Å². The summed E-state index contributed by atoms with van der Waals surface area (Å²) in [7, 11) is 1.59. The molecule has 17 heavy (non-hydrogen) atoms. The van der Waals surface area contributed by atoms with E-state index in [9.17, 15) is 8.78 Å². The van der Waals surface area contributed by atoms with E-state index in [1.807, 2.05) is 0 Å². The lowest BCUT2D eigenvalue weighted by Crippen LogP contribution is -2.26. The molecule has 0 spiro atoms. The van der Waals surface area contributed by atoms with Crippen molar-refractivity contribution in [2.24, 2.45) is 10.9 Å². The lowest BCUT2D eigenvalue weighted by molar-refractivity contribution is 0.0975. The van der Waals surface area contributed by atoms with Gasteiger partial charge in [-0.25, -0.2) is 8.78 Å². The molecule has 0 unspecified atom stereocenters. The fourth-order valence-electron chi connectivity index (χ4n) is 1.55. The number of nitrogens with zero attached hydrogens (tertiary/aromatic N) is 2. The molecule has 0 aromatic heterocycles. The first-order chi connectivity index (χ1) is 8.04. The Labute approximate surface area is 98.3 Å². The third-order valence-electron chi connectivity index (χ3n) is 2.29. The molecule has 1 aromatic carbocycles. The summed E-state index contributed by atoms with van der Waals surface area (Å²) in [6, 6.07) is 6.96. The SMILES string of the molecule is CN(Cc1ccccc1/C(N)=N/O)CC(F)F. The van der Waals surface area contributed by atoms with Gasteiger partial charge in [-0.15, -0.1) is 0 Å². The first-order valence-electron chi connectivity index (χ1n) is 5.07. The zero-order valence-corrected chi connectivity index (χ0v) is 9.48. The van der Waals surface area contributed by atoms with Gasteiger partial charge in [0.05, 0.1) is 6.54 Å². The van der Waals surface area contributed by atoms with Gasteiger partial charge in [0, 0.05) is 12.1 Å². The van der Waals surface area contributed by atoms with Crippen molar-refractivity contribution in [2.75, 3.05) is 13.6 Å². The van der Waals surface area contributed by atoms with E-state index in [-0.39, 0.29) is 12.4 Å². The van der Waals surface area contributed by atoms with E-state index in [0.29, 0.717) is 12.1 Å². The number of oxime groups is 1. The van der Waals surface area contributed by atoms with Crippen LogP contribution in [0.25, 0.3) is 0 Å². The number of alkyl halides is 2. The Bertz CT molecular complexity index is 396. The number of benzene rings is 1. The van der Waals surface area contributed by atoms with Crippen LogP contribution in [0.4, 0.5) is 8.78 Å². The molecule has 1 aromatic rings. The predicted octanol–water partition coefficient (Wildman–Crippen LogP) is 1.48. The predicted molar refractivity (Wildman–Crippen MR) is 61.3 cm³/mol. The Morgan fingerprint density at radius 2 is 2.12 bits per heavy atom. The molecular formula is C11H15F2N3O. The summed E-state index contributed by atoms with van der Waals surface area (Å²) in [6.07, 6.45) is -2.38. The Balaban J connectivity index is 2.84. The van der Waals surface area contributed by atoms with E-state index < -0.39 is 6.43 Å². The third-order valence-corrected chi connectivity index (χ3v) is 2.29. The number of halogens is 2. The summed E-state index contributed by atoms with van der Waals surface area (Å²) in [4.78, 5) is 1.48. The zero-order valence-electron chi connectivity index (χ0n) is 9.48. The minimum Gasteiger partial charge on any atom is -0.409 e. The second-order valence-electron chi connectivity index (χ2n) is 3.73. The standard InChI is InChI=1S/C11H15F2N3O/c1-16(7-10(12)13)6-8-4-2-3-5-9(8)11(14)15-17/h2-5,10,17H,6-7H2,1H3,(H2,14,15). The third kappa shape index (κ3) is 3.99. The number of amidine groups is 1. The summed E-state index contributed by atoms with van der Waals surface area (Å²) < 4.78 is 24.4. The molecule has 0 radical (unpaired) electrons. The molecule has 3 N–H and O–H groups in total. The second kappa shape index (κ2) is 6.15. The van der Waals surface area contributed by atoms with Gasteiger partial charge < -0.3 is 10.9 Å². The minimum absolute atomic E-state index is 0.0222. The molecule has 0 saturated carbocycles. The van der Waals surface area contributed by atoms with Gasteiger partial charge in [-0.2, -0.15) is 0 Å². The van der Waals surface area contributed by atoms with Crippen molar-refractivity contribution in [3.05, 3.63) is 35.4 Å². The lowest BCUT2D eigenvalue weighted by Gasteiger charge is -2.17. The van der Waals surface area contributed by atoms with E-state index in [1.54, 1.807) is 31.3 Å². The topological polar surface area (TPSA) is 61.8 Å². The first-order valence-corrected chi connectivity index (χ1v) is 5.07. The van der Waals surface area contributed by atoms with Crippen LogP contribution < -0.4 is 5.73 Å². The van der Waals surface area contributed by atoms with Gasteiger partial charge in [0.1, 0.15) is 0 Å². The Hall–Kier alpha value is -1.69. The van der Waals surface area contributed by atoms with Crippen molar-refractivity contribution in [3.63, 3.8) is 0 Å². The maximum Gasteiger partial charge on any atom is 0.251 e. The molecule has 0 bridgehead atoms. The van der Waals surface area contributed by atoms with Crippen LogP contribution in [0.1, 0.15) is 11.1 Å². The van der Waals surface area contributed by atoms with Crippen LogP contribution in [0.15, 0.2) is 29.4 Å². The number of nitrogens with two attached hydrogens (primary N) is 1. The second-order valence-corrected chi connectivity index (χ2v) is 3.73. The number of hydrogen-bond acceptors (Lipinski definition) is 3. The Morgan fingerprint density at radius 3 is 2.71 bits per heavy atom. The smallest absolute Gasteiger partial charge is 0.251 e. The van der Waals surface area contributed by atoms with Crippen LogP contribution in [0.2, 0.25) is 0 Å². The lowest BCUT2D eigenvalue weighted by atomic mass is 10.1. The fourth-order valence-corrected chi connectivity index (χ4v) is 1.55. The van der Waals surface area contributed by atoms with Crippen molar-refractivity contribution in [1.82, 2.24) is 4.90 Å². The molecule has 0 fully saturated rings. The van der Waals surface area contributed by atoms with Gasteiger partial charge >= 0.3 is 0 Å². The molecule has 0 atom stereocenters. The van der Waals surface area contributed by atoms with Crippen LogP contribution in [0.5, 0.6) is 0 Å². The molecular weight excluding hydrogens is 228 g/mol. The molecule has 0 amide bonds. The van der Waals surface area contributed by atoms with E-state index in [2.05, 4.69) is 5.16 Å². The molecule has 94 valence electrons. The first kappa shape index (κ1) is 13.4. The largest absolute Gasteiger partial charge is 0.409 e. The molecule has 1 rings (SSSR count). The van der Waals surface area contributed by atoms with Crippen LogP contribution in [0, 0.1) is 0 Å². The highest BCUT2D eigenvalue weighted by Crippen LogP contribution is 2.11. The van der Waals surface area contributed by atoms with Crippen LogP contribution >= 0.6 is 0 Å². The van der Waals surface area contributed by atoms with Gasteiger partial charge in [-0.1, -0.05) is 29.4 Å². The molecule has 0 saturated heterocycles. The molecule has 0 aliphatic heterocycles. The highest BCUT2D eigenvalue weighted by atomic mass is 19.3. The van der Waals surface area contributed by atoms with Crippen molar-refractivity contribution in [2.45, 2.75) is 13.0 Å². The van der Waals surface area contributed by atoms with E-state index in [0.717, 1.165) is 5.56 Å². The van der Waals surface area contributed by atoms with Crippen molar-refractivity contribution in [3.8, 4) is 0 Å². The molecule has 0 heterocycles. The van der Waals surface area contributed by atoms with E-state index >= 15 is 0 Å². The average Bonchev–Trinajstić information content (AvgIpc) is 2.27. The molecule has 6 heteroatoms. The van der Waals surface area contributed by atoms with Gasteiger partial charge in [-0.05, 0) is 12.6 Å². The normalized spacial score (nSPS) is 12.4. The molecule has 4 nitrogen and oxygen atoms in total. The van der Waals surface area contributed by atoms with Gasteiger partial charge in [-0.3, -0.25) is 4.90 Å². The Kier molecular flexibility index (Phi) is 4.84. The van der Waals surface area contributed by atoms with Crippen molar-refractivity contribution >= 4 is 5.84 Å². The zero-order chi connectivity index (χ0) is 12.8. The van der Waals surface area contributed by atoms with Crippen molar-refractivity contribution in [1.29, 1.82) is 0 Å². The summed E-state index contributed by atoms with van der Waals surface area (Å²) in [5, 5.41) is 11.5. The van der Waals surface area contributed by atoms with Gasteiger partial charge in [0.15, 0.2) is 5.84 Å². The Morgan fingerprint density at radius 1 is 1.47 bits per heavy atom. The van der Waals surface area contributed by atoms with Crippen LogP contribution in [-0.4, -0.2) is 36.0 Å². The van der Waals surface area contributed by atoms with Crippen molar-refractivity contribution < 1.29 is 14.0 Å². The fraction of sp³-hybridized carbons (Fsp3) is 0.364. The van der Waals surface area contributed by atoms with Crippen LogP contribution in [0.3, 0.4) is 0 Å².